The van der Waals surface area contributed by atoms with Gasteiger partial charge < -0.3 is 22.1 Å². The second kappa shape index (κ2) is 12.9. The predicted octanol–water partition coefficient (Wildman–Crippen LogP) is 2.30. The average molecular weight is 668 g/mol. The monoisotopic (exact) mass is 666 g/mol. The summed E-state index contributed by atoms with van der Waals surface area (Å²) in [6.07, 6.45) is 2.43. The maximum Gasteiger partial charge on any atom is 0.295 e. The van der Waals surface area contributed by atoms with E-state index < -0.39 is 30.0 Å². The minimum absolute atomic E-state index is 0. The van der Waals surface area contributed by atoms with E-state index in [2.05, 4.69) is 40.5 Å². The van der Waals surface area contributed by atoms with Crippen LogP contribution in [0.1, 0.15) is 11.1 Å². The fourth-order valence-corrected chi connectivity index (χ4v) is 4.98. The molecule has 0 amide bonds. The Bertz CT molecular complexity index is 1710. The van der Waals surface area contributed by atoms with Gasteiger partial charge in [-0.05, 0) is 58.6 Å². The van der Waals surface area contributed by atoms with Gasteiger partial charge in [-0.2, -0.15) is 46.7 Å². The van der Waals surface area contributed by atoms with Gasteiger partial charge in [0.1, 0.15) is 9.79 Å². The normalized spacial score (nSPS) is 11.7. The third-order valence-electron chi connectivity index (χ3n) is 4.79. The van der Waals surface area contributed by atoms with Crippen LogP contribution < -0.4 is 22.1 Å². The van der Waals surface area contributed by atoms with Crippen LogP contribution in [0.2, 0.25) is 10.6 Å². The van der Waals surface area contributed by atoms with Gasteiger partial charge in [-0.3, -0.25) is 9.11 Å². The summed E-state index contributed by atoms with van der Waals surface area (Å²) in [5, 5.41) is 4.96. The first kappa shape index (κ1) is 32.6. The maximum atomic E-state index is 12.1. The van der Waals surface area contributed by atoms with Crippen molar-refractivity contribution in [2.45, 2.75) is 9.79 Å². The molecule has 0 saturated heterocycles. The van der Waals surface area contributed by atoms with Crippen LogP contribution in [0.5, 0.6) is 0 Å². The molecule has 2 aromatic heterocycles. The zero-order valence-corrected chi connectivity index (χ0v) is 25.6. The SMILES string of the molecule is Nc1nc(Cl)nc(Nc2ccc(C=Cc3ccc(Nc4nc(N)nc(Cl)n4)cc3S(=O)(=O)O)c(S(=O)(=O)O)c2)n1.[Ca]. The zero-order chi connectivity index (χ0) is 29.2. The molecule has 0 aliphatic heterocycles. The fraction of sp³-hybridized carbons (Fsp3) is 0. The average Bonchev–Trinajstić information content (AvgIpc) is 2.81. The number of aromatic nitrogens is 6. The molecule has 0 spiro atoms. The Morgan fingerprint density at radius 1 is 0.659 bits per heavy atom. The third-order valence-corrected chi connectivity index (χ3v) is 6.95. The van der Waals surface area contributed by atoms with E-state index in [4.69, 9.17) is 34.7 Å². The van der Waals surface area contributed by atoms with E-state index in [1.54, 1.807) is 0 Å². The molecule has 4 rings (SSSR count). The molecule has 8 N–H and O–H groups in total. The van der Waals surface area contributed by atoms with Gasteiger partial charge in [-0.25, -0.2) is 0 Å². The number of halogens is 2. The van der Waals surface area contributed by atoms with Crippen molar-refractivity contribution in [2.75, 3.05) is 22.1 Å². The molecule has 21 heteroatoms. The van der Waals surface area contributed by atoms with Crippen molar-refractivity contribution in [3.63, 3.8) is 0 Å². The smallest absolute Gasteiger partial charge is 0.295 e. The molecule has 4 aromatic rings. The molecule has 2 radical (unpaired) electrons. The number of hydrogen-bond acceptors (Lipinski definition) is 14. The fourth-order valence-electron chi connectivity index (χ4n) is 3.23. The van der Waals surface area contributed by atoms with E-state index in [9.17, 15) is 25.9 Å². The quantitative estimate of drug-likeness (QED) is 0.0894. The van der Waals surface area contributed by atoms with Crippen LogP contribution in [0.4, 0.5) is 35.2 Å². The van der Waals surface area contributed by atoms with Crippen LogP contribution in [0.15, 0.2) is 46.2 Å². The molecule has 0 bridgehead atoms. The Labute approximate surface area is 272 Å². The third kappa shape index (κ3) is 8.77. The van der Waals surface area contributed by atoms with Gasteiger partial charge in [0.25, 0.3) is 20.2 Å². The van der Waals surface area contributed by atoms with Gasteiger partial charge in [-0.15, -0.1) is 0 Å². The first-order chi connectivity index (χ1) is 18.7. The van der Waals surface area contributed by atoms with Gasteiger partial charge in [0, 0.05) is 49.1 Å². The number of hydrogen-bond donors (Lipinski definition) is 6. The first-order valence-corrected chi connectivity index (χ1v) is 14.1. The van der Waals surface area contributed by atoms with E-state index >= 15 is 0 Å². The predicted molar refractivity (Wildman–Crippen MR) is 152 cm³/mol. The Morgan fingerprint density at radius 3 is 1.34 bits per heavy atom. The molecule has 0 fully saturated rings. The summed E-state index contributed by atoms with van der Waals surface area (Å²) in [5.41, 5.74) is 11.3. The first-order valence-electron chi connectivity index (χ1n) is 10.5. The van der Waals surface area contributed by atoms with E-state index in [-0.39, 0.29) is 94.6 Å². The van der Waals surface area contributed by atoms with Crippen LogP contribution in [0.3, 0.4) is 0 Å². The van der Waals surface area contributed by atoms with E-state index in [0.717, 1.165) is 12.1 Å². The molecular weight excluding hydrogens is 651 g/mol. The number of anilines is 6. The summed E-state index contributed by atoms with van der Waals surface area (Å²) < 4.78 is 68.0. The van der Waals surface area contributed by atoms with Crippen molar-refractivity contribution in [3.05, 3.63) is 58.1 Å². The second-order valence-corrected chi connectivity index (χ2v) is 11.1. The van der Waals surface area contributed by atoms with E-state index in [1.807, 2.05) is 0 Å². The summed E-state index contributed by atoms with van der Waals surface area (Å²) in [5.74, 6) is -0.547. The number of benzene rings is 2. The molecule has 0 aliphatic rings. The van der Waals surface area contributed by atoms with E-state index in [1.165, 1.54) is 36.4 Å². The van der Waals surface area contributed by atoms with Crippen LogP contribution in [0.25, 0.3) is 12.2 Å². The summed E-state index contributed by atoms with van der Waals surface area (Å²) in [6.45, 7) is 0. The van der Waals surface area contributed by atoms with Gasteiger partial charge in [0.2, 0.25) is 34.4 Å². The topological polar surface area (TPSA) is 262 Å². The molecule has 210 valence electrons. The van der Waals surface area contributed by atoms with Gasteiger partial charge in [-0.1, -0.05) is 24.3 Å². The van der Waals surface area contributed by atoms with Crippen molar-refractivity contribution >= 4 is 128 Å². The van der Waals surface area contributed by atoms with E-state index in [0.29, 0.717) is 0 Å². The number of nitrogens with two attached hydrogens (primary N) is 2. The molecule has 0 aliphatic carbocycles. The number of nitrogen functional groups attached to an aromatic ring is 2. The van der Waals surface area contributed by atoms with Crippen molar-refractivity contribution in [1.82, 2.24) is 29.9 Å². The van der Waals surface area contributed by atoms with Crippen molar-refractivity contribution in [1.29, 1.82) is 0 Å². The zero-order valence-electron chi connectivity index (χ0n) is 20.3. The van der Waals surface area contributed by atoms with Crippen LogP contribution >= 0.6 is 23.2 Å². The number of nitrogens with zero attached hydrogens (tertiary/aromatic N) is 6. The molecule has 2 heterocycles. The Kier molecular flexibility index (Phi) is 10.3. The van der Waals surface area contributed by atoms with Gasteiger partial charge in [0.05, 0.1) is 0 Å². The Balaban J connectivity index is 0.00000462. The molecular formula is C20H16CaCl2N10O6S2. The summed E-state index contributed by atoms with van der Waals surface area (Å²) >= 11 is 11.5. The van der Waals surface area contributed by atoms with Crippen molar-refractivity contribution < 1.29 is 25.9 Å². The standard InChI is InChI=1S/C20H16Cl2N10O6S2.Ca/c21-15-27-17(23)31-19(29-15)25-11-5-3-9(13(7-11)39(33,34)35)1-2-10-4-6-12(8-14(10)40(36,37)38)26-20-30-16(22)28-18(24)32-20;/h1-8H,(H,33,34,35)(H,36,37,38)(H3,23,25,27,29,31)(H3,24,26,28,30,32);. The van der Waals surface area contributed by atoms with Crippen molar-refractivity contribution in [2.24, 2.45) is 0 Å². The van der Waals surface area contributed by atoms with Gasteiger partial charge in [0.15, 0.2) is 0 Å². The van der Waals surface area contributed by atoms with Crippen LogP contribution in [0, 0.1) is 0 Å². The van der Waals surface area contributed by atoms with Crippen molar-refractivity contribution in [3.8, 4) is 0 Å². The number of nitrogens with one attached hydrogen (secondary N) is 2. The molecule has 2 aromatic carbocycles. The molecule has 0 unspecified atom stereocenters. The second-order valence-electron chi connectivity index (χ2n) is 7.61. The Morgan fingerprint density at radius 2 is 1.02 bits per heavy atom. The largest absolute Gasteiger partial charge is 0.368 e. The summed E-state index contributed by atoms with van der Waals surface area (Å²) in [6, 6.07) is 7.61. The minimum atomic E-state index is -4.77. The summed E-state index contributed by atoms with van der Waals surface area (Å²) in [4.78, 5) is 21.4. The van der Waals surface area contributed by atoms with Crippen LogP contribution in [-0.4, -0.2) is 93.6 Å². The minimum Gasteiger partial charge on any atom is -0.368 e. The molecule has 0 atom stereocenters. The Hall–Kier alpha value is -2.94. The van der Waals surface area contributed by atoms with Gasteiger partial charge >= 0.3 is 0 Å². The van der Waals surface area contributed by atoms with Crippen LogP contribution in [-0.2, 0) is 20.2 Å². The molecule has 41 heavy (non-hydrogen) atoms. The maximum absolute atomic E-state index is 12.1. The number of rotatable bonds is 8. The molecule has 0 saturated carbocycles. The summed E-state index contributed by atoms with van der Waals surface area (Å²) in [7, 11) is -9.54. The molecule has 16 nitrogen and oxygen atoms in total.